The molecule has 0 aliphatic rings. The fourth-order valence-corrected chi connectivity index (χ4v) is 2.08. The highest BCUT2D eigenvalue weighted by molar-refractivity contribution is 5.88. The van der Waals surface area contributed by atoms with Gasteiger partial charge >= 0.3 is 0 Å². The molecule has 0 spiro atoms. The number of nitrogens with two attached hydrogens (primary N) is 1. The minimum absolute atomic E-state index is 0.402. The molecule has 1 aromatic heterocycles. The van der Waals surface area contributed by atoms with E-state index in [4.69, 9.17) is 14.9 Å². The molecule has 0 saturated carbocycles. The first-order valence-corrected chi connectivity index (χ1v) is 6.19. The molecule has 3 aromatic rings. The average molecular weight is 253 g/mol. The molecule has 3 nitrogen and oxygen atoms in total. The van der Waals surface area contributed by atoms with Crippen LogP contribution in [0.15, 0.2) is 52.9 Å². The molecule has 96 valence electrons. The zero-order valence-electron chi connectivity index (χ0n) is 10.7. The summed E-state index contributed by atoms with van der Waals surface area (Å²) in [6.07, 6.45) is 0. The van der Waals surface area contributed by atoms with Crippen molar-refractivity contribution in [3.63, 3.8) is 0 Å². The number of nitrogen functional groups attached to an aromatic ring is 1. The number of hydrogen-bond donors (Lipinski definition) is 1. The molecule has 0 fully saturated rings. The van der Waals surface area contributed by atoms with Gasteiger partial charge in [-0.3, -0.25) is 0 Å². The summed E-state index contributed by atoms with van der Waals surface area (Å²) in [5, 5.41) is 1.00. The van der Waals surface area contributed by atoms with Gasteiger partial charge in [-0.05, 0) is 30.7 Å². The lowest BCUT2D eigenvalue weighted by atomic mass is 10.2. The fourth-order valence-electron chi connectivity index (χ4n) is 2.08. The van der Waals surface area contributed by atoms with E-state index < -0.39 is 0 Å². The van der Waals surface area contributed by atoms with Crippen molar-refractivity contribution in [2.75, 3.05) is 5.73 Å². The van der Waals surface area contributed by atoms with Crippen molar-refractivity contribution in [2.45, 2.75) is 13.5 Å². The molecule has 1 heterocycles. The van der Waals surface area contributed by atoms with Crippen molar-refractivity contribution in [1.29, 1.82) is 0 Å². The Morgan fingerprint density at radius 1 is 1.11 bits per heavy atom. The maximum absolute atomic E-state index is 5.87. The summed E-state index contributed by atoms with van der Waals surface area (Å²) in [5.41, 5.74) is 8.36. The smallest absolute Gasteiger partial charge is 0.157 e. The number of para-hydroxylation sites is 2. The third-order valence-corrected chi connectivity index (χ3v) is 3.09. The maximum atomic E-state index is 5.87. The van der Waals surface area contributed by atoms with Crippen molar-refractivity contribution >= 4 is 16.7 Å². The average Bonchev–Trinajstić information content (AvgIpc) is 2.82. The number of furan rings is 1. The number of hydrogen-bond acceptors (Lipinski definition) is 3. The van der Waals surface area contributed by atoms with Crippen LogP contribution in [-0.2, 0) is 6.61 Å². The number of rotatable bonds is 3. The van der Waals surface area contributed by atoms with Crippen LogP contribution in [0.2, 0.25) is 0 Å². The van der Waals surface area contributed by atoms with Crippen molar-refractivity contribution in [1.82, 2.24) is 0 Å². The zero-order chi connectivity index (χ0) is 13.2. The van der Waals surface area contributed by atoms with E-state index in [0.29, 0.717) is 12.3 Å². The van der Waals surface area contributed by atoms with Crippen molar-refractivity contribution in [3.8, 4) is 5.75 Å². The highest BCUT2D eigenvalue weighted by Crippen LogP contribution is 2.26. The SMILES string of the molecule is Cc1ccccc1OCc1cc2cccc(N)c2o1. The summed E-state index contributed by atoms with van der Waals surface area (Å²) in [6.45, 7) is 2.42. The Morgan fingerprint density at radius 3 is 2.74 bits per heavy atom. The second-order valence-corrected chi connectivity index (χ2v) is 4.53. The van der Waals surface area contributed by atoms with Gasteiger partial charge < -0.3 is 14.9 Å². The van der Waals surface area contributed by atoms with Gasteiger partial charge in [0.05, 0.1) is 5.69 Å². The number of aryl methyl sites for hydroxylation is 1. The second-order valence-electron chi connectivity index (χ2n) is 4.53. The number of anilines is 1. The van der Waals surface area contributed by atoms with E-state index in [9.17, 15) is 0 Å². The zero-order valence-corrected chi connectivity index (χ0v) is 10.7. The Labute approximate surface area is 111 Å². The summed E-state index contributed by atoms with van der Waals surface area (Å²) >= 11 is 0. The second kappa shape index (κ2) is 4.69. The lowest BCUT2D eigenvalue weighted by molar-refractivity contribution is 0.273. The molecule has 2 N–H and O–H groups in total. The Hall–Kier alpha value is -2.42. The van der Waals surface area contributed by atoms with Crippen LogP contribution in [-0.4, -0.2) is 0 Å². The van der Waals surface area contributed by atoms with Gasteiger partial charge in [0.1, 0.15) is 18.1 Å². The van der Waals surface area contributed by atoms with Crippen LogP contribution < -0.4 is 10.5 Å². The predicted molar refractivity (Wildman–Crippen MR) is 76.1 cm³/mol. The van der Waals surface area contributed by atoms with E-state index in [1.165, 1.54) is 0 Å². The molecule has 0 atom stereocenters. The quantitative estimate of drug-likeness (QED) is 0.720. The Morgan fingerprint density at radius 2 is 1.95 bits per heavy atom. The summed E-state index contributed by atoms with van der Waals surface area (Å²) in [4.78, 5) is 0. The minimum atomic E-state index is 0.402. The molecule has 0 aliphatic carbocycles. The molecular weight excluding hydrogens is 238 g/mol. The molecule has 0 bridgehead atoms. The van der Waals surface area contributed by atoms with Gasteiger partial charge in [0, 0.05) is 5.39 Å². The third kappa shape index (κ3) is 2.27. The van der Waals surface area contributed by atoms with Crippen molar-refractivity contribution in [2.24, 2.45) is 0 Å². The van der Waals surface area contributed by atoms with Crippen molar-refractivity contribution in [3.05, 3.63) is 59.9 Å². The first kappa shape index (κ1) is 11.7. The summed E-state index contributed by atoms with van der Waals surface area (Å²) < 4.78 is 11.5. The summed E-state index contributed by atoms with van der Waals surface area (Å²) in [7, 11) is 0. The Kier molecular flexibility index (Phi) is 2.88. The molecule has 0 aliphatic heterocycles. The number of ether oxygens (including phenoxy) is 1. The molecule has 3 rings (SSSR count). The van der Waals surface area contributed by atoms with Crippen LogP contribution in [0, 0.1) is 6.92 Å². The molecule has 0 unspecified atom stereocenters. The highest BCUT2D eigenvalue weighted by atomic mass is 16.5. The van der Waals surface area contributed by atoms with Crippen LogP contribution in [0.4, 0.5) is 5.69 Å². The number of benzene rings is 2. The lowest BCUT2D eigenvalue weighted by Crippen LogP contribution is -1.95. The first-order valence-electron chi connectivity index (χ1n) is 6.19. The Bertz CT molecular complexity index is 716. The van der Waals surface area contributed by atoms with Crippen LogP contribution >= 0.6 is 0 Å². The van der Waals surface area contributed by atoms with E-state index in [1.54, 1.807) is 0 Å². The van der Waals surface area contributed by atoms with Gasteiger partial charge in [-0.2, -0.15) is 0 Å². The Balaban J connectivity index is 1.83. The molecule has 0 saturated heterocycles. The summed E-state index contributed by atoms with van der Waals surface area (Å²) in [6, 6.07) is 15.6. The topological polar surface area (TPSA) is 48.4 Å². The van der Waals surface area contributed by atoms with Crippen molar-refractivity contribution < 1.29 is 9.15 Å². The van der Waals surface area contributed by atoms with Gasteiger partial charge in [-0.15, -0.1) is 0 Å². The van der Waals surface area contributed by atoms with Crippen LogP contribution in [0.25, 0.3) is 11.0 Å². The standard InChI is InChI=1S/C16H15NO2/c1-11-5-2-3-8-15(11)18-10-13-9-12-6-4-7-14(17)16(12)19-13/h2-9H,10,17H2,1H3. The van der Waals surface area contributed by atoms with E-state index in [-0.39, 0.29) is 0 Å². The first-order chi connectivity index (χ1) is 9.24. The van der Waals surface area contributed by atoms with Crippen LogP contribution in [0.3, 0.4) is 0 Å². The minimum Gasteiger partial charge on any atom is -0.485 e. The van der Waals surface area contributed by atoms with Crippen LogP contribution in [0.1, 0.15) is 11.3 Å². The van der Waals surface area contributed by atoms with E-state index in [1.807, 2.05) is 55.5 Å². The monoisotopic (exact) mass is 253 g/mol. The largest absolute Gasteiger partial charge is 0.485 e. The van der Waals surface area contributed by atoms with E-state index in [2.05, 4.69) is 0 Å². The van der Waals surface area contributed by atoms with Gasteiger partial charge in [-0.25, -0.2) is 0 Å². The molecular formula is C16H15NO2. The van der Waals surface area contributed by atoms with Crippen LogP contribution in [0.5, 0.6) is 5.75 Å². The molecule has 0 amide bonds. The predicted octanol–water partition coefficient (Wildman–Crippen LogP) is 3.90. The lowest BCUT2D eigenvalue weighted by Gasteiger charge is -2.06. The molecule has 2 aromatic carbocycles. The maximum Gasteiger partial charge on any atom is 0.157 e. The van der Waals surface area contributed by atoms with Gasteiger partial charge in [0.15, 0.2) is 5.58 Å². The van der Waals surface area contributed by atoms with Gasteiger partial charge in [-0.1, -0.05) is 30.3 Å². The number of fused-ring (bicyclic) bond motifs is 1. The normalized spacial score (nSPS) is 10.8. The molecule has 3 heteroatoms. The van der Waals surface area contributed by atoms with E-state index in [0.717, 1.165) is 28.0 Å². The molecule has 0 radical (unpaired) electrons. The fraction of sp³-hybridized carbons (Fsp3) is 0.125. The summed E-state index contributed by atoms with van der Waals surface area (Å²) in [5.74, 6) is 1.65. The van der Waals surface area contributed by atoms with Gasteiger partial charge in [0.25, 0.3) is 0 Å². The van der Waals surface area contributed by atoms with E-state index >= 15 is 0 Å². The molecule has 19 heavy (non-hydrogen) atoms. The third-order valence-electron chi connectivity index (χ3n) is 3.09. The highest BCUT2D eigenvalue weighted by Gasteiger charge is 2.07. The van der Waals surface area contributed by atoms with Gasteiger partial charge in [0.2, 0.25) is 0 Å².